The number of carbonyl (C=O) groups excluding carboxylic acids is 1. The fraction of sp³-hybridized carbons (Fsp3) is 0.438. The molecule has 3 heteroatoms. The first-order valence-corrected chi connectivity index (χ1v) is 6.91. The van der Waals surface area contributed by atoms with Crippen LogP contribution in [0.3, 0.4) is 0 Å². The lowest BCUT2D eigenvalue weighted by Gasteiger charge is -2.31. The third-order valence-electron chi connectivity index (χ3n) is 3.66. The molecule has 1 fully saturated rings. The van der Waals surface area contributed by atoms with E-state index in [9.17, 15) is 4.79 Å². The van der Waals surface area contributed by atoms with Crippen LogP contribution >= 0.6 is 0 Å². The number of nitrogens with zero attached hydrogens (tertiary/aromatic N) is 1. The quantitative estimate of drug-likeness (QED) is 0.844. The van der Waals surface area contributed by atoms with E-state index in [2.05, 4.69) is 0 Å². The molecule has 0 aromatic heterocycles. The summed E-state index contributed by atoms with van der Waals surface area (Å²) < 4.78 is 0. The van der Waals surface area contributed by atoms with Crippen LogP contribution in [0.5, 0.6) is 0 Å². The number of amides is 1. The van der Waals surface area contributed by atoms with Crippen molar-refractivity contribution in [3.63, 3.8) is 0 Å². The Hall–Kier alpha value is -1.61. The van der Waals surface area contributed by atoms with Crippen molar-refractivity contribution in [1.82, 2.24) is 4.90 Å². The van der Waals surface area contributed by atoms with Crippen molar-refractivity contribution in [3.8, 4) is 0 Å². The van der Waals surface area contributed by atoms with Gasteiger partial charge < -0.3 is 10.0 Å². The maximum Gasteiger partial charge on any atom is 0.253 e. The Balaban J connectivity index is 1.83. The molecule has 1 saturated heterocycles. The first kappa shape index (κ1) is 13.8. The third kappa shape index (κ3) is 3.93. The highest BCUT2D eigenvalue weighted by Crippen LogP contribution is 2.22. The van der Waals surface area contributed by atoms with Crippen LogP contribution < -0.4 is 0 Å². The van der Waals surface area contributed by atoms with Gasteiger partial charge in [0.1, 0.15) is 0 Å². The van der Waals surface area contributed by atoms with E-state index in [1.807, 2.05) is 41.3 Å². The highest BCUT2D eigenvalue weighted by molar-refractivity contribution is 5.94. The standard InChI is InChI=1S/C16H21NO2/c18-13-5-4-6-14-9-11-17(12-10-14)16(19)15-7-2-1-3-8-15/h1-5,7-8,14,18H,6,9-13H2/b5-4+. The van der Waals surface area contributed by atoms with Crippen molar-refractivity contribution in [3.05, 3.63) is 48.0 Å². The van der Waals surface area contributed by atoms with E-state index in [0.717, 1.165) is 37.9 Å². The average molecular weight is 259 g/mol. The molecule has 1 aliphatic rings. The number of rotatable bonds is 4. The van der Waals surface area contributed by atoms with Gasteiger partial charge in [-0.15, -0.1) is 0 Å². The van der Waals surface area contributed by atoms with Gasteiger partial charge in [-0.05, 0) is 37.3 Å². The first-order chi connectivity index (χ1) is 9.31. The van der Waals surface area contributed by atoms with E-state index in [0.29, 0.717) is 5.92 Å². The second-order valence-electron chi connectivity index (χ2n) is 4.99. The van der Waals surface area contributed by atoms with Crippen molar-refractivity contribution in [2.24, 2.45) is 5.92 Å². The van der Waals surface area contributed by atoms with Gasteiger partial charge in [0.05, 0.1) is 6.61 Å². The summed E-state index contributed by atoms with van der Waals surface area (Å²) in [5.41, 5.74) is 0.779. The summed E-state index contributed by atoms with van der Waals surface area (Å²) in [4.78, 5) is 14.2. The number of hydrogen-bond acceptors (Lipinski definition) is 2. The maximum atomic E-state index is 12.2. The molecule has 1 aromatic carbocycles. The molecule has 2 rings (SSSR count). The molecule has 0 radical (unpaired) electrons. The summed E-state index contributed by atoms with van der Waals surface area (Å²) in [5, 5.41) is 8.70. The number of hydrogen-bond donors (Lipinski definition) is 1. The van der Waals surface area contributed by atoms with Crippen molar-refractivity contribution >= 4 is 5.91 Å². The maximum absolute atomic E-state index is 12.2. The fourth-order valence-corrected chi connectivity index (χ4v) is 2.50. The second kappa shape index (κ2) is 7.10. The lowest BCUT2D eigenvalue weighted by Crippen LogP contribution is -2.38. The molecule has 102 valence electrons. The van der Waals surface area contributed by atoms with Crippen LogP contribution in [0.25, 0.3) is 0 Å². The van der Waals surface area contributed by atoms with Crippen molar-refractivity contribution in [1.29, 1.82) is 0 Å². The third-order valence-corrected chi connectivity index (χ3v) is 3.66. The molecule has 0 saturated carbocycles. The van der Waals surface area contributed by atoms with Gasteiger partial charge in [-0.25, -0.2) is 0 Å². The van der Waals surface area contributed by atoms with E-state index >= 15 is 0 Å². The van der Waals surface area contributed by atoms with Crippen LogP contribution in [-0.4, -0.2) is 35.6 Å². The average Bonchev–Trinajstić information content (AvgIpc) is 2.48. The van der Waals surface area contributed by atoms with E-state index in [-0.39, 0.29) is 12.5 Å². The fourth-order valence-electron chi connectivity index (χ4n) is 2.50. The summed E-state index contributed by atoms with van der Waals surface area (Å²) >= 11 is 0. The summed E-state index contributed by atoms with van der Waals surface area (Å²) in [6.45, 7) is 1.79. The van der Waals surface area contributed by atoms with Crippen molar-refractivity contribution < 1.29 is 9.90 Å². The predicted molar refractivity (Wildman–Crippen MR) is 75.9 cm³/mol. The number of aliphatic hydroxyl groups is 1. The zero-order valence-electron chi connectivity index (χ0n) is 11.2. The number of allylic oxidation sites excluding steroid dienone is 1. The van der Waals surface area contributed by atoms with Crippen LogP contribution in [0.1, 0.15) is 29.6 Å². The Labute approximate surface area is 114 Å². The zero-order valence-corrected chi connectivity index (χ0v) is 11.2. The van der Waals surface area contributed by atoms with Gasteiger partial charge in [-0.3, -0.25) is 4.79 Å². The number of likely N-dealkylation sites (tertiary alicyclic amines) is 1. The van der Waals surface area contributed by atoms with E-state index in [1.165, 1.54) is 0 Å². The van der Waals surface area contributed by atoms with Crippen LogP contribution in [0.15, 0.2) is 42.5 Å². The predicted octanol–water partition coefficient (Wildman–Crippen LogP) is 2.48. The van der Waals surface area contributed by atoms with Gasteiger partial charge in [0, 0.05) is 18.7 Å². The van der Waals surface area contributed by atoms with Crippen LogP contribution in [0.4, 0.5) is 0 Å². The Morgan fingerprint density at radius 2 is 1.89 bits per heavy atom. The van der Waals surface area contributed by atoms with Crippen LogP contribution in [0.2, 0.25) is 0 Å². The highest BCUT2D eigenvalue weighted by Gasteiger charge is 2.22. The molecule has 1 aromatic rings. The summed E-state index contributed by atoms with van der Waals surface area (Å²) in [6.07, 6.45) is 6.94. The summed E-state index contributed by atoms with van der Waals surface area (Å²) in [6, 6.07) is 9.48. The topological polar surface area (TPSA) is 40.5 Å². The normalized spacial score (nSPS) is 17.0. The Morgan fingerprint density at radius 3 is 2.53 bits per heavy atom. The molecule has 0 bridgehead atoms. The lowest BCUT2D eigenvalue weighted by atomic mass is 9.93. The molecule has 0 unspecified atom stereocenters. The monoisotopic (exact) mass is 259 g/mol. The minimum absolute atomic E-state index is 0.116. The van der Waals surface area contributed by atoms with Gasteiger partial charge in [-0.2, -0.15) is 0 Å². The van der Waals surface area contributed by atoms with Gasteiger partial charge in [0.15, 0.2) is 0 Å². The minimum atomic E-state index is 0.116. The SMILES string of the molecule is O=C(c1ccccc1)N1CCC(C/C=C/CO)CC1. The molecular weight excluding hydrogens is 238 g/mol. The van der Waals surface area contributed by atoms with Gasteiger partial charge in [-0.1, -0.05) is 30.4 Å². The molecule has 0 spiro atoms. The molecule has 1 heterocycles. The van der Waals surface area contributed by atoms with Gasteiger partial charge >= 0.3 is 0 Å². The zero-order chi connectivity index (χ0) is 13.5. The molecule has 1 amide bonds. The lowest BCUT2D eigenvalue weighted by molar-refractivity contribution is 0.0691. The minimum Gasteiger partial charge on any atom is -0.392 e. The number of piperidine rings is 1. The number of aliphatic hydroxyl groups excluding tert-OH is 1. The van der Waals surface area contributed by atoms with Gasteiger partial charge in [0.2, 0.25) is 0 Å². The Kier molecular flexibility index (Phi) is 5.16. The molecule has 1 aliphatic heterocycles. The molecule has 1 N–H and O–H groups in total. The molecular formula is C16H21NO2. The molecule has 19 heavy (non-hydrogen) atoms. The van der Waals surface area contributed by atoms with Gasteiger partial charge in [0.25, 0.3) is 5.91 Å². The molecule has 0 aliphatic carbocycles. The van der Waals surface area contributed by atoms with E-state index in [4.69, 9.17) is 5.11 Å². The molecule has 0 atom stereocenters. The Morgan fingerprint density at radius 1 is 1.21 bits per heavy atom. The van der Waals surface area contributed by atoms with E-state index in [1.54, 1.807) is 6.08 Å². The smallest absolute Gasteiger partial charge is 0.253 e. The number of benzene rings is 1. The highest BCUT2D eigenvalue weighted by atomic mass is 16.2. The van der Waals surface area contributed by atoms with Crippen LogP contribution in [0, 0.1) is 5.92 Å². The van der Waals surface area contributed by atoms with E-state index < -0.39 is 0 Å². The molecule has 3 nitrogen and oxygen atoms in total. The van der Waals surface area contributed by atoms with Crippen molar-refractivity contribution in [2.75, 3.05) is 19.7 Å². The Bertz CT molecular complexity index is 420. The second-order valence-corrected chi connectivity index (χ2v) is 4.99. The van der Waals surface area contributed by atoms with Crippen molar-refractivity contribution in [2.45, 2.75) is 19.3 Å². The number of carbonyl (C=O) groups is 1. The van der Waals surface area contributed by atoms with Crippen LogP contribution in [-0.2, 0) is 0 Å². The first-order valence-electron chi connectivity index (χ1n) is 6.91. The summed E-state index contributed by atoms with van der Waals surface area (Å²) in [7, 11) is 0. The summed E-state index contributed by atoms with van der Waals surface area (Å²) in [5.74, 6) is 0.785. The largest absolute Gasteiger partial charge is 0.392 e.